The molecule has 1 aliphatic rings. The predicted molar refractivity (Wildman–Crippen MR) is 80.9 cm³/mol. The van der Waals surface area contributed by atoms with Crippen LogP contribution in [0, 0.1) is 0 Å². The fourth-order valence-corrected chi connectivity index (χ4v) is 2.73. The van der Waals surface area contributed by atoms with Gasteiger partial charge in [-0.25, -0.2) is 0 Å². The van der Waals surface area contributed by atoms with Gasteiger partial charge in [0.1, 0.15) is 0 Å². The highest BCUT2D eigenvalue weighted by atomic mass is 19.3. The van der Waals surface area contributed by atoms with E-state index in [9.17, 15) is 13.6 Å². The number of halogens is 2. The lowest BCUT2D eigenvalue weighted by atomic mass is 10.1. The van der Waals surface area contributed by atoms with Crippen LogP contribution in [-0.4, -0.2) is 39.3 Å². The van der Waals surface area contributed by atoms with Gasteiger partial charge in [-0.05, 0) is 37.0 Å². The predicted octanol–water partition coefficient (Wildman–Crippen LogP) is 0.982. The maximum atomic E-state index is 12.3. The molecule has 2 rings (SSSR count). The van der Waals surface area contributed by atoms with Crippen LogP contribution in [0.15, 0.2) is 18.2 Å². The quantitative estimate of drug-likeness (QED) is 0.784. The van der Waals surface area contributed by atoms with E-state index < -0.39 is 6.61 Å². The number of piperidine rings is 1. The van der Waals surface area contributed by atoms with E-state index in [1.807, 2.05) is 0 Å². The lowest BCUT2D eigenvalue weighted by molar-refractivity contribution is -0.896. The number of alkyl halides is 2. The fraction of sp³-hybridized carbons (Fsp3) is 0.562. The molecule has 1 aromatic rings. The SMILES string of the molecule is COc1cc(CNC(=O)C[NH+]2CCCCC2)ccc1OC(F)F. The maximum Gasteiger partial charge on any atom is 0.387 e. The number of amides is 1. The van der Waals surface area contributed by atoms with E-state index in [0.717, 1.165) is 18.7 Å². The molecule has 0 spiro atoms. The zero-order chi connectivity index (χ0) is 16.7. The normalized spacial score (nSPS) is 15.5. The molecule has 1 heterocycles. The average molecular weight is 329 g/mol. The van der Waals surface area contributed by atoms with Crippen LogP contribution < -0.4 is 19.7 Å². The van der Waals surface area contributed by atoms with Crippen LogP contribution >= 0.6 is 0 Å². The molecule has 0 aliphatic carbocycles. The van der Waals surface area contributed by atoms with Gasteiger partial charge in [-0.2, -0.15) is 8.78 Å². The lowest BCUT2D eigenvalue weighted by Gasteiger charge is -2.22. The van der Waals surface area contributed by atoms with Crippen molar-refractivity contribution in [3.05, 3.63) is 23.8 Å². The third-order valence-electron chi connectivity index (χ3n) is 3.90. The molecule has 0 unspecified atom stereocenters. The van der Waals surface area contributed by atoms with Gasteiger partial charge in [-0.1, -0.05) is 6.07 Å². The van der Waals surface area contributed by atoms with Crippen molar-refractivity contribution in [1.29, 1.82) is 0 Å². The molecule has 0 bridgehead atoms. The number of likely N-dealkylation sites (tertiary alicyclic amines) is 1. The molecule has 1 saturated heterocycles. The molecule has 0 saturated carbocycles. The molecule has 1 fully saturated rings. The molecule has 0 atom stereocenters. The Kier molecular flexibility index (Phi) is 6.58. The van der Waals surface area contributed by atoms with E-state index >= 15 is 0 Å². The Hall–Kier alpha value is -1.89. The van der Waals surface area contributed by atoms with E-state index in [0.29, 0.717) is 13.1 Å². The van der Waals surface area contributed by atoms with Crippen LogP contribution in [0.2, 0.25) is 0 Å². The summed E-state index contributed by atoms with van der Waals surface area (Å²) in [7, 11) is 1.38. The summed E-state index contributed by atoms with van der Waals surface area (Å²) in [6.45, 7) is -0.00913. The minimum Gasteiger partial charge on any atom is -0.493 e. The monoisotopic (exact) mass is 329 g/mol. The Morgan fingerprint density at radius 2 is 2.00 bits per heavy atom. The van der Waals surface area contributed by atoms with Gasteiger partial charge in [0.25, 0.3) is 5.91 Å². The topological polar surface area (TPSA) is 52.0 Å². The number of carbonyl (C=O) groups is 1. The Morgan fingerprint density at radius 1 is 1.26 bits per heavy atom. The van der Waals surface area contributed by atoms with Gasteiger partial charge in [0.2, 0.25) is 0 Å². The van der Waals surface area contributed by atoms with Crippen molar-refractivity contribution >= 4 is 5.91 Å². The van der Waals surface area contributed by atoms with Crippen LogP contribution in [0.25, 0.3) is 0 Å². The molecule has 128 valence electrons. The van der Waals surface area contributed by atoms with Crippen LogP contribution in [0.4, 0.5) is 8.78 Å². The Labute approximate surface area is 134 Å². The number of rotatable bonds is 7. The van der Waals surface area contributed by atoms with Crippen LogP contribution in [0.1, 0.15) is 24.8 Å². The summed E-state index contributed by atoms with van der Waals surface area (Å²) in [6.07, 6.45) is 3.59. The van der Waals surface area contributed by atoms with E-state index in [1.54, 1.807) is 12.1 Å². The largest absolute Gasteiger partial charge is 0.493 e. The molecule has 1 aliphatic heterocycles. The number of nitrogens with one attached hydrogen (secondary N) is 2. The van der Waals surface area contributed by atoms with Crippen LogP contribution in [0.3, 0.4) is 0 Å². The molecular weight excluding hydrogens is 306 g/mol. The van der Waals surface area contributed by atoms with Crippen molar-refractivity contribution < 1.29 is 27.9 Å². The highest BCUT2D eigenvalue weighted by Crippen LogP contribution is 2.29. The van der Waals surface area contributed by atoms with Crippen molar-refractivity contribution in [2.75, 3.05) is 26.7 Å². The molecule has 1 aromatic carbocycles. The second-order valence-corrected chi connectivity index (χ2v) is 5.63. The first kappa shape index (κ1) is 17.5. The van der Waals surface area contributed by atoms with Crippen molar-refractivity contribution in [2.24, 2.45) is 0 Å². The Balaban J connectivity index is 1.85. The summed E-state index contributed by atoms with van der Waals surface area (Å²) < 4.78 is 34.0. The number of quaternary nitrogens is 1. The molecule has 1 amide bonds. The van der Waals surface area contributed by atoms with Gasteiger partial charge in [-0.15, -0.1) is 0 Å². The fourth-order valence-electron chi connectivity index (χ4n) is 2.73. The number of methoxy groups -OCH3 is 1. The Morgan fingerprint density at radius 3 is 2.65 bits per heavy atom. The molecule has 5 nitrogen and oxygen atoms in total. The van der Waals surface area contributed by atoms with Crippen molar-refractivity contribution in [1.82, 2.24) is 5.32 Å². The van der Waals surface area contributed by atoms with Gasteiger partial charge in [-0.3, -0.25) is 4.79 Å². The standard InChI is InChI=1S/C16H22F2N2O3/c1-22-14-9-12(5-6-13(14)23-16(17)18)10-19-15(21)11-20-7-3-2-4-8-20/h5-6,9,16H,2-4,7-8,10-11H2,1H3,(H,19,21)/p+1. The minimum atomic E-state index is -2.90. The van der Waals surface area contributed by atoms with Crippen molar-refractivity contribution in [3.8, 4) is 11.5 Å². The first-order valence-electron chi connectivity index (χ1n) is 7.80. The van der Waals surface area contributed by atoms with E-state index in [4.69, 9.17) is 4.74 Å². The van der Waals surface area contributed by atoms with Gasteiger partial charge in [0.05, 0.1) is 20.2 Å². The van der Waals surface area contributed by atoms with E-state index in [1.165, 1.54) is 37.3 Å². The first-order chi connectivity index (χ1) is 11.1. The van der Waals surface area contributed by atoms with Gasteiger partial charge in [0, 0.05) is 6.54 Å². The Bertz CT molecular complexity index is 520. The summed E-state index contributed by atoms with van der Waals surface area (Å²) in [5, 5.41) is 2.85. The molecule has 23 heavy (non-hydrogen) atoms. The first-order valence-corrected chi connectivity index (χ1v) is 7.80. The van der Waals surface area contributed by atoms with Gasteiger partial charge >= 0.3 is 6.61 Å². The van der Waals surface area contributed by atoms with Crippen molar-refractivity contribution in [3.63, 3.8) is 0 Å². The second-order valence-electron chi connectivity index (χ2n) is 5.63. The number of hydrogen-bond acceptors (Lipinski definition) is 3. The molecule has 0 radical (unpaired) electrons. The molecule has 7 heteroatoms. The van der Waals surface area contributed by atoms with Gasteiger partial charge in [0.15, 0.2) is 18.0 Å². The molecule has 2 N–H and O–H groups in total. The lowest BCUT2D eigenvalue weighted by Crippen LogP contribution is -3.13. The second kappa shape index (κ2) is 8.67. The zero-order valence-corrected chi connectivity index (χ0v) is 13.2. The van der Waals surface area contributed by atoms with E-state index in [-0.39, 0.29) is 17.4 Å². The number of hydrogen-bond donors (Lipinski definition) is 2. The summed E-state index contributed by atoms with van der Waals surface area (Å²) in [6, 6.07) is 4.64. The minimum absolute atomic E-state index is 0.00577. The molecular formula is C16H23F2N2O3+. The highest BCUT2D eigenvalue weighted by molar-refractivity contribution is 5.76. The third kappa shape index (κ3) is 5.67. The van der Waals surface area contributed by atoms with Crippen LogP contribution in [0.5, 0.6) is 11.5 Å². The summed E-state index contributed by atoms with van der Waals surface area (Å²) in [4.78, 5) is 13.3. The number of carbonyl (C=O) groups excluding carboxylic acids is 1. The van der Waals surface area contributed by atoms with E-state index in [2.05, 4.69) is 10.1 Å². The highest BCUT2D eigenvalue weighted by Gasteiger charge is 2.17. The number of ether oxygens (including phenoxy) is 2. The molecule has 0 aromatic heterocycles. The summed E-state index contributed by atoms with van der Waals surface area (Å²) in [5.41, 5.74) is 0.769. The smallest absolute Gasteiger partial charge is 0.387 e. The van der Waals surface area contributed by atoms with Crippen LogP contribution in [-0.2, 0) is 11.3 Å². The zero-order valence-electron chi connectivity index (χ0n) is 13.2. The maximum absolute atomic E-state index is 12.3. The third-order valence-corrected chi connectivity index (χ3v) is 3.90. The summed E-state index contributed by atoms with van der Waals surface area (Å²) in [5.74, 6) is 0.197. The average Bonchev–Trinajstić information content (AvgIpc) is 2.54. The van der Waals surface area contributed by atoms with Crippen molar-refractivity contribution in [2.45, 2.75) is 32.4 Å². The van der Waals surface area contributed by atoms with Gasteiger partial charge < -0.3 is 19.7 Å². The number of benzene rings is 1. The summed E-state index contributed by atoms with van der Waals surface area (Å²) >= 11 is 0.